The van der Waals surface area contributed by atoms with E-state index in [1.807, 2.05) is 0 Å². The van der Waals surface area contributed by atoms with E-state index in [0.29, 0.717) is 6.07 Å². The second kappa shape index (κ2) is 5.60. The summed E-state index contributed by atoms with van der Waals surface area (Å²) in [6.45, 7) is -1.09. The Morgan fingerprint density at radius 3 is 2.50 bits per heavy atom. The van der Waals surface area contributed by atoms with E-state index in [1.165, 1.54) is 0 Å². The molecule has 1 fully saturated rings. The van der Waals surface area contributed by atoms with Gasteiger partial charge in [-0.05, 0) is 18.6 Å². The van der Waals surface area contributed by atoms with Gasteiger partial charge in [0.2, 0.25) is 10.0 Å². The van der Waals surface area contributed by atoms with Gasteiger partial charge in [-0.1, -0.05) is 11.6 Å². The Bertz CT molecular complexity index is 682. The number of nitrogens with zero attached hydrogens (tertiary/aromatic N) is 2. The molecule has 1 aromatic rings. The van der Waals surface area contributed by atoms with E-state index < -0.39 is 44.2 Å². The van der Waals surface area contributed by atoms with E-state index in [9.17, 15) is 26.7 Å². The molecule has 1 saturated heterocycles. The second-order valence-electron chi connectivity index (χ2n) is 4.95. The van der Waals surface area contributed by atoms with Gasteiger partial charge in [-0.3, -0.25) is 0 Å². The zero-order valence-electron chi connectivity index (χ0n) is 11.0. The molecular formula is C11H12ClF3N2O4S. The SMILES string of the molecule is O=S(=O)(c1ccc(C(F)(F)F)nc1Cl)N1CCC(O)(CO)C1. The van der Waals surface area contributed by atoms with Crippen molar-refractivity contribution in [3.63, 3.8) is 0 Å². The van der Waals surface area contributed by atoms with Crippen molar-refractivity contribution in [2.45, 2.75) is 23.1 Å². The first-order valence-electron chi connectivity index (χ1n) is 6.07. The molecule has 6 nitrogen and oxygen atoms in total. The van der Waals surface area contributed by atoms with Crippen LogP contribution in [0.4, 0.5) is 13.2 Å². The van der Waals surface area contributed by atoms with Gasteiger partial charge in [-0.25, -0.2) is 13.4 Å². The second-order valence-corrected chi connectivity index (χ2v) is 7.22. The Morgan fingerprint density at radius 2 is 2.05 bits per heavy atom. The molecule has 1 aliphatic rings. The molecule has 1 aliphatic heterocycles. The van der Waals surface area contributed by atoms with Gasteiger partial charge in [0.1, 0.15) is 21.3 Å². The van der Waals surface area contributed by atoms with Gasteiger partial charge >= 0.3 is 6.18 Å². The summed E-state index contributed by atoms with van der Waals surface area (Å²) in [5.41, 5.74) is -2.87. The highest BCUT2D eigenvalue weighted by atomic mass is 35.5. The minimum Gasteiger partial charge on any atom is -0.393 e. The number of aromatic nitrogens is 1. The third-order valence-electron chi connectivity index (χ3n) is 3.31. The predicted octanol–water partition coefficient (Wildman–Crippen LogP) is 0.872. The fraction of sp³-hybridized carbons (Fsp3) is 0.545. The van der Waals surface area contributed by atoms with Crippen LogP contribution in [0.25, 0.3) is 0 Å². The van der Waals surface area contributed by atoms with E-state index in [4.69, 9.17) is 16.7 Å². The molecule has 0 amide bonds. The highest BCUT2D eigenvalue weighted by molar-refractivity contribution is 7.89. The summed E-state index contributed by atoms with van der Waals surface area (Å²) >= 11 is 5.57. The molecule has 0 radical (unpaired) electrons. The molecule has 1 aromatic heterocycles. The zero-order valence-corrected chi connectivity index (χ0v) is 12.6. The quantitative estimate of drug-likeness (QED) is 0.781. The molecule has 0 bridgehead atoms. The van der Waals surface area contributed by atoms with Crippen LogP contribution in [0.3, 0.4) is 0 Å². The first-order chi connectivity index (χ1) is 9.99. The smallest absolute Gasteiger partial charge is 0.393 e. The number of rotatable bonds is 3. The topological polar surface area (TPSA) is 90.7 Å². The van der Waals surface area contributed by atoms with Gasteiger partial charge in [-0.15, -0.1) is 0 Å². The van der Waals surface area contributed by atoms with Crippen LogP contribution in [0.15, 0.2) is 17.0 Å². The molecule has 1 unspecified atom stereocenters. The molecule has 1 atom stereocenters. The number of hydrogen-bond acceptors (Lipinski definition) is 5. The van der Waals surface area contributed by atoms with Crippen molar-refractivity contribution >= 4 is 21.6 Å². The average Bonchev–Trinajstić information content (AvgIpc) is 2.81. The van der Waals surface area contributed by atoms with Gasteiger partial charge in [0.25, 0.3) is 0 Å². The summed E-state index contributed by atoms with van der Waals surface area (Å²) < 4.78 is 63.0. The van der Waals surface area contributed by atoms with Crippen molar-refractivity contribution in [2.24, 2.45) is 0 Å². The monoisotopic (exact) mass is 360 g/mol. The van der Waals surface area contributed by atoms with Crippen LogP contribution in [-0.2, 0) is 16.2 Å². The van der Waals surface area contributed by atoms with Crippen LogP contribution >= 0.6 is 11.6 Å². The fourth-order valence-corrected chi connectivity index (χ4v) is 4.03. The Hall–Kier alpha value is -0.940. The van der Waals surface area contributed by atoms with Gasteiger partial charge in [0, 0.05) is 13.1 Å². The summed E-state index contributed by atoms with van der Waals surface area (Å²) in [7, 11) is -4.21. The van der Waals surface area contributed by atoms with E-state index in [1.54, 1.807) is 0 Å². The maximum Gasteiger partial charge on any atom is 0.433 e. The summed E-state index contributed by atoms with van der Waals surface area (Å²) in [4.78, 5) is 2.48. The molecule has 22 heavy (non-hydrogen) atoms. The first-order valence-corrected chi connectivity index (χ1v) is 7.88. The molecule has 2 N–H and O–H groups in total. The van der Waals surface area contributed by atoms with Crippen molar-refractivity contribution in [3.05, 3.63) is 23.0 Å². The first kappa shape index (κ1) is 17.4. The molecule has 0 aliphatic carbocycles. The molecule has 2 heterocycles. The number of halogens is 4. The van der Waals surface area contributed by atoms with Crippen molar-refractivity contribution in [1.29, 1.82) is 0 Å². The highest BCUT2D eigenvalue weighted by Crippen LogP contribution is 2.33. The van der Waals surface area contributed by atoms with Gasteiger partial charge in [0.15, 0.2) is 0 Å². The molecule has 0 aromatic carbocycles. The van der Waals surface area contributed by atoms with Crippen LogP contribution in [0, 0.1) is 0 Å². The van der Waals surface area contributed by atoms with Gasteiger partial charge in [0.05, 0.1) is 6.61 Å². The van der Waals surface area contributed by atoms with E-state index >= 15 is 0 Å². The summed E-state index contributed by atoms with van der Waals surface area (Å²) in [6, 6.07) is 1.25. The third kappa shape index (κ3) is 3.20. The summed E-state index contributed by atoms with van der Waals surface area (Å²) in [6.07, 6.45) is -4.73. The van der Waals surface area contributed by atoms with E-state index in [-0.39, 0.29) is 19.5 Å². The molecular weight excluding hydrogens is 349 g/mol. The fourth-order valence-electron chi connectivity index (χ4n) is 2.06. The largest absolute Gasteiger partial charge is 0.433 e. The predicted molar refractivity (Wildman–Crippen MR) is 69.7 cm³/mol. The number of alkyl halides is 3. The standard InChI is InChI=1S/C11H12ClF3N2O4S/c12-9-7(1-2-8(16-9)11(13,14)15)22(20,21)17-4-3-10(19,5-17)6-18/h1-2,18-19H,3-6H2. The Kier molecular flexibility index (Phi) is 4.44. The van der Waals surface area contributed by atoms with Crippen LogP contribution in [0.2, 0.25) is 5.15 Å². The Morgan fingerprint density at radius 1 is 1.41 bits per heavy atom. The maximum absolute atomic E-state index is 12.5. The summed E-state index contributed by atoms with van der Waals surface area (Å²) in [5, 5.41) is 18.1. The van der Waals surface area contributed by atoms with E-state index in [0.717, 1.165) is 10.4 Å². The summed E-state index contributed by atoms with van der Waals surface area (Å²) in [5.74, 6) is 0. The maximum atomic E-state index is 12.5. The van der Waals surface area contributed by atoms with Crippen molar-refractivity contribution in [2.75, 3.05) is 19.7 Å². The van der Waals surface area contributed by atoms with Gasteiger partial charge in [-0.2, -0.15) is 17.5 Å². The Labute approximate surface area is 129 Å². The van der Waals surface area contributed by atoms with Crippen LogP contribution < -0.4 is 0 Å². The lowest BCUT2D eigenvalue weighted by Gasteiger charge is -2.21. The van der Waals surface area contributed by atoms with Crippen LogP contribution in [0.1, 0.15) is 12.1 Å². The van der Waals surface area contributed by atoms with Crippen molar-refractivity contribution in [1.82, 2.24) is 9.29 Å². The lowest BCUT2D eigenvalue weighted by molar-refractivity contribution is -0.141. The zero-order chi connectivity index (χ0) is 16.8. The molecule has 0 spiro atoms. The highest BCUT2D eigenvalue weighted by Gasteiger charge is 2.42. The van der Waals surface area contributed by atoms with Crippen LogP contribution in [-0.4, -0.2) is 53.2 Å². The molecule has 11 heteroatoms. The number of aliphatic hydroxyl groups excluding tert-OH is 1. The molecule has 124 valence electrons. The van der Waals surface area contributed by atoms with Crippen molar-refractivity contribution in [3.8, 4) is 0 Å². The number of hydrogen-bond donors (Lipinski definition) is 2. The Balaban J connectivity index is 2.35. The van der Waals surface area contributed by atoms with E-state index in [2.05, 4.69) is 4.98 Å². The van der Waals surface area contributed by atoms with Gasteiger partial charge < -0.3 is 10.2 Å². The number of pyridine rings is 1. The van der Waals surface area contributed by atoms with Crippen molar-refractivity contribution < 1.29 is 31.8 Å². The minimum atomic E-state index is -4.74. The molecule has 0 saturated carbocycles. The lowest BCUT2D eigenvalue weighted by atomic mass is 10.1. The third-order valence-corrected chi connectivity index (χ3v) is 5.59. The minimum absolute atomic E-state index is 0.00835. The number of β-amino-alcohol motifs (C(OH)–C–C–N with tert-alkyl or cyclic N) is 1. The molecule has 2 rings (SSSR count). The van der Waals surface area contributed by atoms with Crippen LogP contribution in [0.5, 0.6) is 0 Å². The number of aliphatic hydroxyl groups is 2. The normalized spacial score (nSPS) is 23.9. The lowest BCUT2D eigenvalue weighted by Crippen LogP contribution is -2.38. The average molecular weight is 361 g/mol. The number of sulfonamides is 1.